The summed E-state index contributed by atoms with van der Waals surface area (Å²) in [4.78, 5) is 31.4. The number of esters is 1. The van der Waals surface area contributed by atoms with Crippen LogP contribution in [0.5, 0.6) is 0 Å². The van der Waals surface area contributed by atoms with Crippen molar-refractivity contribution in [3.8, 4) is 10.4 Å². The molecule has 1 atom stereocenters. The lowest BCUT2D eigenvalue weighted by Crippen LogP contribution is -2.29. The molecule has 2 aromatic heterocycles. The number of hydrogen-bond acceptors (Lipinski definition) is 5. The zero-order valence-electron chi connectivity index (χ0n) is 15.5. The van der Waals surface area contributed by atoms with E-state index in [0.29, 0.717) is 20.8 Å². The molecule has 0 aliphatic carbocycles. The predicted octanol–water partition coefficient (Wildman–Crippen LogP) is 5.08. The van der Waals surface area contributed by atoms with Crippen LogP contribution in [0.3, 0.4) is 0 Å². The zero-order chi connectivity index (χ0) is 20.4. The maximum atomic E-state index is 12.9. The summed E-state index contributed by atoms with van der Waals surface area (Å²) in [5.74, 6) is -0.522. The van der Waals surface area contributed by atoms with Crippen molar-refractivity contribution in [2.75, 3.05) is 0 Å². The highest BCUT2D eigenvalue weighted by Crippen LogP contribution is 2.30. The quantitative estimate of drug-likeness (QED) is 0.419. The molecule has 146 valence electrons. The molecule has 4 rings (SSSR count). The average molecular weight is 425 g/mol. The number of carbonyl (C=O) groups excluding carboxylic acids is 1. The molecule has 2 aromatic carbocycles. The monoisotopic (exact) mass is 424 g/mol. The molecule has 0 amide bonds. The van der Waals surface area contributed by atoms with E-state index in [1.807, 2.05) is 42.5 Å². The van der Waals surface area contributed by atoms with Gasteiger partial charge in [0.25, 0.3) is 5.56 Å². The molecule has 0 unspecified atom stereocenters. The summed E-state index contributed by atoms with van der Waals surface area (Å²) >= 11 is 7.54. The van der Waals surface area contributed by atoms with Gasteiger partial charge in [0.15, 0.2) is 0 Å². The van der Waals surface area contributed by atoms with Gasteiger partial charge in [-0.3, -0.25) is 9.36 Å². The van der Waals surface area contributed by atoms with E-state index in [9.17, 15) is 9.59 Å². The number of ether oxygens (including phenoxy) is 1. The van der Waals surface area contributed by atoms with Gasteiger partial charge in [0.05, 0.1) is 11.7 Å². The van der Waals surface area contributed by atoms with Crippen LogP contribution in [0.15, 0.2) is 71.8 Å². The van der Waals surface area contributed by atoms with Gasteiger partial charge in [-0.15, -0.1) is 11.3 Å². The fourth-order valence-corrected chi connectivity index (χ4v) is 4.14. The van der Waals surface area contributed by atoms with E-state index in [1.54, 1.807) is 25.1 Å². The summed E-state index contributed by atoms with van der Waals surface area (Å²) in [6, 6.07) is 18.0. The molecule has 0 fully saturated rings. The van der Waals surface area contributed by atoms with Gasteiger partial charge in [0.1, 0.15) is 17.5 Å². The minimum absolute atomic E-state index is 0.0455. The molecule has 7 heteroatoms. The molecule has 29 heavy (non-hydrogen) atoms. The number of fused-ring (bicyclic) bond motifs is 1. The number of rotatable bonds is 5. The maximum Gasteiger partial charge on any atom is 0.329 e. The van der Waals surface area contributed by atoms with Gasteiger partial charge in [0, 0.05) is 15.5 Å². The molecular weight excluding hydrogens is 408 g/mol. The van der Waals surface area contributed by atoms with Crippen LogP contribution in [-0.2, 0) is 16.1 Å². The Balaban J connectivity index is 1.58. The Kier molecular flexibility index (Phi) is 5.47. The normalized spacial score (nSPS) is 12.1. The number of nitrogens with zero attached hydrogens (tertiary/aromatic N) is 2. The molecular formula is C22H17ClN2O3S. The van der Waals surface area contributed by atoms with E-state index in [2.05, 4.69) is 4.98 Å². The number of halogens is 1. The lowest BCUT2D eigenvalue weighted by molar-refractivity contribution is -0.148. The first-order valence-corrected chi connectivity index (χ1v) is 10.2. The Hall–Kier alpha value is -2.96. The third kappa shape index (κ3) is 3.95. The molecule has 4 aromatic rings. The molecule has 0 aliphatic rings. The van der Waals surface area contributed by atoms with Crippen molar-refractivity contribution in [1.29, 1.82) is 0 Å². The van der Waals surface area contributed by atoms with E-state index in [-0.39, 0.29) is 12.2 Å². The fourth-order valence-electron chi connectivity index (χ4n) is 2.96. The van der Waals surface area contributed by atoms with E-state index >= 15 is 0 Å². The van der Waals surface area contributed by atoms with Crippen molar-refractivity contribution in [1.82, 2.24) is 9.55 Å². The van der Waals surface area contributed by atoms with E-state index < -0.39 is 12.0 Å². The van der Waals surface area contributed by atoms with Crippen LogP contribution >= 0.6 is 22.9 Å². The van der Waals surface area contributed by atoms with Crippen molar-refractivity contribution in [2.24, 2.45) is 0 Å². The van der Waals surface area contributed by atoms with E-state index in [1.165, 1.54) is 22.2 Å². The Morgan fingerprint density at radius 1 is 1.17 bits per heavy atom. The van der Waals surface area contributed by atoms with Gasteiger partial charge in [-0.1, -0.05) is 60.1 Å². The van der Waals surface area contributed by atoms with Crippen LogP contribution in [0.25, 0.3) is 20.7 Å². The highest BCUT2D eigenvalue weighted by atomic mass is 35.5. The second-order valence-electron chi connectivity index (χ2n) is 6.53. The smallest absolute Gasteiger partial charge is 0.329 e. The third-order valence-electron chi connectivity index (χ3n) is 4.62. The van der Waals surface area contributed by atoms with Gasteiger partial charge in [0.2, 0.25) is 0 Å². The molecule has 0 radical (unpaired) electrons. The standard InChI is InChI=1S/C22H17ClN2O3S/c1-14(22(27)28-12-16-9-5-6-10-18(16)23)25-13-24-20-17(21(25)26)11-19(29-20)15-7-3-2-4-8-15/h2-11,13-14H,12H2,1H3/t14-/m1/s1. The van der Waals surface area contributed by atoms with Gasteiger partial charge >= 0.3 is 5.97 Å². The van der Waals surface area contributed by atoms with Gasteiger partial charge < -0.3 is 4.74 Å². The van der Waals surface area contributed by atoms with Crippen molar-refractivity contribution < 1.29 is 9.53 Å². The Morgan fingerprint density at radius 2 is 1.90 bits per heavy atom. The Morgan fingerprint density at radius 3 is 2.66 bits per heavy atom. The van der Waals surface area contributed by atoms with Crippen LogP contribution in [0.4, 0.5) is 0 Å². The first-order valence-electron chi connectivity index (χ1n) is 9.01. The van der Waals surface area contributed by atoms with Crippen LogP contribution in [-0.4, -0.2) is 15.5 Å². The van der Waals surface area contributed by atoms with Gasteiger partial charge in [-0.2, -0.15) is 0 Å². The predicted molar refractivity (Wildman–Crippen MR) is 115 cm³/mol. The molecule has 0 saturated heterocycles. The molecule has 0 saturated carbocycles. The number of thiophene rings is 1. The van der Waals surface area contributed by atoms with Gasteiger partial charge in [-0.05, 0) is 24.6 Å². The summed E-state index contributed by atoms with van der Waals surface area (Å²) in [5.41, 5.74) is 1.46. The number of benzene rings is 2. The third-order valence-corrected chi connectivity index (χ3v) is 6.08. The van der Waals surface area contributed by atoms with Crippen LogP contribution in [0.2, 0.25) is 5.02 Å². The van der Waals surface area contributed by atoms with Gasteiger partial charge in [-0.25, -0.2) is 9.78 Å². The summed E-state index contributed by atoms with van der Waals surface area (Å²) in [5, 5.41) is 1.02. The average Bonchev–Trinajstić information content (AvgIpc) is 3.19. The highest BCUT2D eigenvalue weighted by molar-refractivity contribution is 7.21. The second-order valence-corrected chi connectivity index (χ2v) is 7.97. The largest absolute Gasteiger partial charge is 0.459 e. The molecule has 2 heterocycles. The van der Waals surface area contributed by atoms with Crippen molar-refractivity contribution in [3.05, 3.63) is 87.9 Å². The summed E-state index contributed by atoms with van der Waals surface area (Å²) in [6.45, 7) is 1.66. The van der Waals surface area contributed by atoms with E-state index in [0.717, 1.165) is 10.4 Å². The molecule has 0 aliphatic heterocycles. The minimum atomic E-state index is -0.804. The van der Waals surface area contributed by atoms with Crippen LogP contribution in [0, 0.1) is 0 Å². The summed E-state index contributed by atoms with van der Waals surface area (Å²) < 4.78 is 6.66. The lowest BCUT2D eigenvalue weighted by atomic mass is 10.2. The lowest BCUT2D eigenvalue weighted by Gasteiger charge is -2.14. The van der Waals surface area contributed by atoms with Crippen LogP contribution < -0.4 is 5.56 Å². The Labute approximate surface area is 176 Å². The summed E-state index contributed by atoms with van der Waals surface area (Å²) in [7, 11) is 0. The highest BCUT2D eigenvalue weighted by Gasteiger charge is 2.20. The van der Waals surface area contributed by atoms with Crippen molar-refractivity contribution in [3.63, 3.8) is 0 Å². The first-order chi connectivity index (χ1) is 14.0. The van der Waals surface area contributed by atoms with E-state index in [4.69, 9.17) is 16.3 Å². The molecule has 0 N–H and O–H groups in total. The number of hydrogen-bond donors (Lipinski definition) is 0. The molecule has 0 spiro atoms. The summed E-state index contributed by atoms with van der Waals surface area (Å²) in [6.07, 6.45) is 1.40. The fraction of sp³-hybridized carbons (Fsp3) is 0.136. The van der Waals surface area contributed by atoms with Crippen molar-refractivity contribution in [2.45, 2.75) is 19.6 Å². The van der Waals surface area contributed by atoms with Crippen LogP contribution in [0.1, 0.15) is 18.5 Å². The number of aromatic nitrogens is 2. The topological polar surface area (TPSA) is 61.2 Å². The SMILES string of the molecule is C[C@H](C(=O)OCc1ccccc1Cl)n1cnc2sc(-c3ccccc3)cc2c1=O. The molecule has 5 nitrogen and oxygen atoms in total. The number of carbonyl (C=O) groups is 1. The zero-order valence-corrected chi connectivity index (χ0v) is 17.1. The molecule has 0 bridgehead atoms. The minimum Gasteiger partial charge on any atom is -0.459 e. The first kappa shape index (κ1) is 19.4. The second kappa shape index (κ2) is 8.19. The Bertz CT molecular complexity index is 1230. The maximum absolute atomic E-state index is 12.9. The van der Waals surface area contributed by atoms with Crippen molar-refractivity contribution >= 4 is 39.1 Å².